The number of nitrogens with two attached hydrogens (primary N) is 1. The van der Waals surface area contributed by atoms with Crippen molar-refractivity contribution < 1.29 is 9.90 Å². The van der Waals surface area contributed by atoms with Gasteiger partial charge in [-0.2, -0.15) is 0 Å². The zero-order valence-electron chi connectivity index (χ0n) is 12.1. The summed E-state index contributed by atoms with van der Waals surface area (Å²) < 4.78 is 0. The van der Waals surface area contributed by atoms with Crippen molar-refractivity contribution in [1.29, 1.82) is 0 Å². The van der Waals surface area contributed by atoms with E-state index in [-0.39, 0.29) is 11.3 Å². The van der Waals surface area contributed by atoms with E-state index in [1.807, 2.05) is 6.92 Å². The SMILES string of the molecule is C=Nc1cc(C(N)=O)c2[nH]cc(O)ccc(C)cc2c1N=C. The lowest BCUT2D eigenvalue weighted by Gasteiger charge is -2.08. The fourth-order valence-corrected chi connectivity index (χ4v) is 2.14. The monoisotopic (exact) mass is 296 g/mol. The highest BCUT2D eigenvalue weighted by molar-refractivity contribution is 6.10. The number of aryl methyl sites for hydroxylation is 1. The van der Waals surface area contributed by atoms with Crippen molar-refractivity contribution in [3.63, 3.8) is 0 Å². The van der Waals surface area contributed by atoms with Crippen LogP contribution in [0, 0.1) is 6.92 Å². The standard InChI is InChI=1S/C16H16N4O2/c1-9-4-5-10(21)8-20-14-11(6-9)15(19-3)13(18-2)7-12(14)16(17)22/h4-8,20-21H,2-3H2,1H3,(H2,17,22). The van der Waals surface area contributed by atoms with Crippen LogP contribution in [0.1, 0.15) is 15.9 Å². The average Bonchev–Trinajstić information content (AvgIpc) is 2.56. The van der Waals surface area contributed by atoms with Crippen LogP contribution in [0.25, 0.3) is 10.9 Å². The molecule has 0 fully saturated rings. The predicted octanol–water partition coefficient (Wildman–Crippen LogP) is 3.07. The van der Waals surface area contributed by atoms with Crippen molar-refractivity contribution in [2.24, 2.45) is 15.7 Å². The van der Waals surface area contributed by atoms with Gasteiger partial charge in [0.25, 0.3) is 5.91 Å². The van der Waals surface area contributed by atoms with E-state index in [9.17, 15) is 9.90 Å². The lowest BCUT2D eigenvalue weighted by Crippen LogP contribution is -2.11. The van der Waals surface area contributed by atoms with E-state index >= 15 is 0 Å². The summed E-state index contributed by atoms with van der Waals surface area (Å²) in [4.78, 5) is 22.5. The number of aromatic hydroxyl groups is 1. The summed E-state index contributed by atoms with van der Waals surface area (Å²) in [6.07, 6.45) is 1.36. The maximum absolute atomic E-state index is 11.7. The number of carbonyl (C=O) groups excluding carboxylic acids is 1. The van der Waals surface area contributed by atoms with Crippen molar-refractivity contribution in [2.45, 2.75) is 6.92 Å². The second-order valence-corrected chi connectivity index (χ2v) is 4.70. The van der Waals surface area contributed by atoms with E-state index in [1.165, 1.54) is 18.3 Å². The van der Waals surface area contributed by atoms with Gasteiger partial charge in [0.2, 0.25) is 0 Å². The van der Waals surface area contributed by atoms with Gasteiger partial charge in [-0.15, -0.1) is 0 Å². The van der Waals surface area contributed by atoms with Gasteiger partial charge < -0.3 is 15.8 Å². The van der Waals surface area contributed by atoms with Crippen molar-refractivity contribution in [3.8, 4) is 5.75 Å². The highest BCUT2D eigenvalue weighted by Gasteiger charge is 2.13. The van der Waals surface area contributed by atoms with Gasteiger partial charge >= 0.3 is 0 Å². The number of H-pyrrole nitrogens is 1. The summed E-state index contributed by atoms with van der Waals surface area (Å²) in [5.74, 6) is -0.620. The first kappa shape index (κ1) is 15.2. The van der Waals surface area contributed by atoms with E-state index in [0.717, 1.165) is 5.56 Å². The average molecular weight is 296 g/mol. The summed E-state index contributed by atoms with van der Waals surface area (Å²) in [7, 11) is 0. The third-order valence-electron chi connectivity index (χ3n) is 3.16. The third-order valence-corrected chi connectivity index (χ3v) is 3.16. The van der Waals surface area contributed by atoms with Gasteiger partial charge in [-0.3, -0.25) is 14.8 Å². The van der Waals surface area contributed by atoms with Gasteiger partial charge in [-0.05, 0) is 38.6 Å². The van der Waals surface area contributed by atoms with Crippen LogP contribution in [0.2, 0.25) is 0 Å². The molecule has 0 spiro atoms. The molecule has 2 rings (SSSR count). The molecule has 6 heteroatoms. The van der Waals surface area contributed by atoms with Gasteiger partial charge in [0.15, 0.2) is 0 Å². The molecule has 0 unspecified atom stereocenters. The van der Waals surface area contributed by atoms with Gasteiger partial charge in [-0.1, -0.05) is 11.6 Å². The summed E-state index contributed by atoms with van der Waals surface area (Å²) in [6.45, 7) is 8.88. The summed E-state index contributed by atoms with van der Waals surface area (Å²) in [5.41, 5.74) is 7.82. The van der Waals surface area contributed by atoms with Gasteiger partial charge in [0, 0.05) is 11.6 Å². The Bertz CT molecular complexity index is 836. The maximum Gasteiger partial charge on any atom is 0.250 e. The third kappa shape index (κ3) is 2.80. The Kier molecular flexibility index (Phi) is 4.22. The summed E-state index contributed by atoms with van der Waals surface area (Å²) >= 11 is 0. The molecule has 0 saturated heterocycles. The van der Waals surface area contributed by atoms with Crippen molar-refractivity contribution >= 4 is 41.6 Å². The normalized spacial score (nSPS) is 10.0. The Labute approximate surface area is 127 Å². The minimum Gasteiger partial charge on any atom is -0.506 e. The molecule has 112 valence electrons. The Balaban J connectivity index is 3.17. The van der Waals surface area contributed by atoms with Crippen LogP contribution in [0.4, 0.5) is 11.4 Å². The van der Waals surface area contributed by atoms with Crippen LogP contribution in [0.15, 0.2) is 40.4 Å². The van der Waals surface area contributed by atoms with Crippen molar-refractivity contribution in [2.75, 3.05) is 0 Å². The predicted molar refractivity (Wildman–Crippen MR) is 89.3 cm³/mol. The molecule has 0 bridgehead atoms. The molecule has 22 heavy (non-hydrogen) atoms. The molecule has 0 aliphatic heterocycles. The number of hydrogen-bond acceptors (Lipinski definition) is 4. The fraction of sp³-hybridized carbons (Fsp3) is 0.0625. The number of hydrogen-bond donors (Lipinski definition) is 3. The van der Waals surface area contributed by atoms with Crippen LogP contribution in [-0.2, 0) is 0 Å². The molecule has 1 aromatic heterocycles. The number of nitrogens with one attached hydrogen (secondary N) is 1. The van der Waals surface area contributed by atoms with Crippen LogP contribution in [0.5, 0.6) is 5.75 Å². The minimum absolute atomic E-state index is 0.00931. The second kappa shape index (κ2) is 6.09. The molecule has 0 saturated carbocycles. The van der Waals surface area contributed by atoms with Crippen molar-refractivity contribution in [1.82, 2.24) is 4.98 Å². The number of carbonyl (C=O) groups is 1. The number of aromatic nitrogens is 1. The molecular weight excluding hydrogens is 280 g/mol. The Morgan fingerprint density at radius 3 is 2.59 bits per heavy atom. The first-order chi connectivity index (χ1) is 10.5. The van der Waals surface area contributed by atoms with E-state index in [0.29, 0.717) is 22.3 Å². The molecule has 0 atom stereocenters. The molecule has 4 N–H and O–H groups in total. The molecule has 1 heterocycles. The smallest absolute Gasteiger partial charge is 0.250 e. The summed E-state index contributed by atoms with van der Waals surface area (Å²) in [6, 6.07) is 6.55. The number of benzene rings is 1. The lowest BCUT2D eigenvalue weighted by molar-refractivity contribution is 0.100. The molecular formula is C16H16N4O2. The zero-order valence-corrected chi connectivity index (χ0v) is 12.1. The first-order valence-electron chi connectivity index (χ1n) is 6.44. The maximum atomic E-state index is 11.7. The second-order valence-electron chi connectivity index (χ2n) is 4.70. The van der Waals surface area contributed by atoms with Crippen molar-refractivity contribution in [3.05, 3.63) is 41.6 Å². The molecule has 1 aromatic carbocycles. The first-order valence-corrected chi connectivity index (χ1v) is 6.44. The summed E-state index contributed by atoms with van der Waals surface area (Å²) in [5, 5.41) is 10.3. The Hall–Kier alpha value is -3.15. The van der Waals surface area contributed by atoms with Crippen LogP contribution < -0.4 is 5.73 Å². The van der Waals surface area contributed by atoms with Crippen LogP contribution >= 0.6 is 0 Å². The van der Waals surface area contributed by atoms with E-state index in [4.69, 9.17) is 5.73 Å². The van der Waals surface area contributed by atoms with Crippen LogP contribution in [0.3, 0.4) is 0 Å². The quantitative estimate of drug-likeness (QED) is 0.757. The number of aliphatic imine (C=N–C) groups is 2. The van der Waals surface area contributed by atoms with E-state index < -0.39 is 5.91 Å². The topological polar surface area (TPSA) is 104 Å². The molecule has 0 radical (unpaired) electrons. The Morgan fingerprint density at radius 2 is 2.00 bits per heavy atom. The minimum atomic E-state index is -0.629. The van der Waals surface area contributed by atoms with Crippen LogP contribution in [-0.4, -0.2) is 29.4 Å². The highest BCUT2D eigenvalue weighted by Crippen LogP contribution is 2.36. The van der Waals surface area contributed by atoms with Gasteiger partial charge in [0.1, 0.15) is 5.75 Å². The number of rotatable bonds is 3. The van der Waals surface area contributed by atoms with E-state index in [1.54, 1.807) is 12.1 Å². The number of primary amides is 1. The van der Waals surface area contributed by atoms with E-state index in [2.05, 4.69) is 28.4 Å². The highest BCUT2D eigenvalue weighted by atomic mass is 16.3. The number of fused-ring (bicyclic) bond motifs is 1. The largest absolute Gasteiger partial charge is 0.506 e. The van der Waals surface area contributed by atoms with Gasteiger partial charge in [-0.25, -0.2) is 0 Å². The fourth-order valence-electron chi connectivity index (χ4n) is 2.14. The molecule has 1 amide bonds. The Morgan fingerprint density at radius 1 is 1.27 bits per heavy atom. The lowest BCUT2D eigenvalue weighted by atomic mass is 10.1. The number of nitrogens with zero attached hydrogens (tertiary/aromatic N) is 2. The molecule has 0 aliphatic rings. The molecule has 0 aliphatic carbocycles. The molecule has 6 nitrogen and oxygen atoms in total. The molecule has 2 aromatic rings. The number of amides is 1. The number of aromatic amines is 1. The zero-order chi connectivity index (χ0) is 16.3. The van der Waals surface area contributed by atoms with Gasteiger partial charge in [0.05, 0.1) is 22.5 Å².